The summed E-state index contributed by atoms with van der Waals surface area (Å²) in [6.07, 6.45) is 0.582. The van der Waals surface area contributed by atoms with E-state index in [1.54, 1.807) is 12.1 Å². The van der Waals surface area contributed by atoms with Gasteiger partial charge in [0.1, 0.15) is 0 Å². The molecule has 0 saturated heterocycles. The molecule has 0 fully saturated rings. The summed E-state index contributed by atoms with van der Waals surface area (Å²) in [4.78, 5) is 15.8. The number of aromatic nitrogens is 2. The van der Waals surface area contributed by atoms with Gasteiger partial charge in [-0.15, -0.1) is 12.4 Å². The van der Waals surface area contributed by atoms with E-state index < -0.39 is 0 Å². The Morgan fingerprint density at radius 2 is 2.12 bits per heavy atom. The molecule has 0 bridgehead atoms. The lowest BCUT2D eigenvalue weighted by molar-refractivity contribution is -0.121. The molecule has 8 nitrogen and oxygen atoms in total. The van der Waals surface area contributed by atoms with E-state index in [4.69, 9.17) is 31.3 Å². The summed E-state index contributed by atoms with van der Waals surface area (Å²) in [5, 5.41) is 6.95. The number of carbonyl (C=O) groups is 1. The minimum atomic E-state index is -0.116. The first-order valence-corrected chi connectivity index (χ1v) is 7.68. The fourth-order valence-corrected chi connectivity index (χ4v) is 2.33. The van der Waals surface area contributed by atoms with E-state index in [0.29, 0.717) is 53.3 Å². The fraction of sp³-hybridized carbons (Fsp3) is 0.400. The summed E-state index contributed by atoms with van der Waals surface area (Å²) in [6, 6.07) is 3.36. The largest absolute Gasteiger partial charge is 0.493 e. The number of ether oxygens (including phenoxy) is 2. The van der Waals surface area contributed by atoms with Gasteiger partial charge in [0.25, 0.3) is 0 Å². The molecule has 0 aliphatic rings. The van der Waals surface area contributed by atoms with Crippen molar-refractivity contribution < 1.29 is 18.8 Å². The summed E-state index contributed by atoms with van der Waals surface area (Å²) in [5.74, 6) is 1.50. The van der Waals surface area contributed by atoms with E-state index in [0.717, 1.165) is 0 Å². The van der Waals surface area contributed by atoms with Crippen molar-refractivity contribution in [3.05, 3.63) is 23.0 Å². The molecule has 0 radical (unpaired) electrons. The van der Waals surface area contributed by atoms with Crippen LogP contribution in [0.2, 0.25) is 5.02 Å². The van der Waals surface area contributed by atoms with Gasteiger partial charge in [0.15, 0.2) is 11.5 Å². The van der Waals surface area contributed by atoms with Crippen LogP contribution in [-0.2, 0) is 11.2 Å². The number of amides is 1. The quantitative estimate of drug-likeness (QED) is 0.706. The number of aryl methyl sites for hydroxylation is 1. The lowest BCUT2D eigenvalue weighted by Gasteiger charge is -2.10. The Kier molecular flexibility index (Phi) is 8.47. The van der Waals surface area contributed by atoms with Crippen molar-refractivity contribution in [2.24, 2.45) is 5.73 Å². The van der Waals surface area contributed by atoms with Crippen LogP contribution in [0.25, 0.3) is 11.4 Å². The SMILES string of the molecule is COc1cc(-c2noc(CCC(=O)NCCN)n2)cc(Cl)c1OC.Cl. The molecule has 2 rings (SSSR count). The Balaban J connectivity index is 0.00000312. The predicted octanol–water partition coefficient (Wildman–Crippen LogP) is 1.84. The molecule has 0 atom stereocenters. The van der Waals surface area contributed by atoms with Gasteiger partial charge >= 0.3 is 0 Å². The molecule has 3 N–H and O–H groups in total. The zero-order valence-electron chi connectivity index (χ0n) is 13.9. The standard InChI is InChI=1S/C15H19ClN4O4.ClH/c1-22-11-8-9(7-10(16)14(11)23-2)15-19-13(24-20-15)4-3-12(21)18-6-5-17;/h7-8H,3-6,17H2,1-2H3,(H,18,21);1H. The number of hydrogen-bond donors (Lipinski definition) is 2. The van der Waals surface area contributed by atoms with Crippen molar-refractivity contribution >= 4 is 29.9 Å². The summed E-state index contributed by atoms with van der Waals surface area (Å²) in [5.41, 5.74) is 5.95. The fourth-order valence-electron chi connectivity index (χ4n) is 2.04. The minimum absolute atomic E-state index is 0. The van der Waals surface area contributed by atoms with Crippen LogP contribution in [-0.4, -0.2) is 43.4 Å². The zero-order chi connectivity index (χ0) is 17.5. The van der Waals surface area contributed by atoms with Crippen molar-refractivity contribution in [2.75, 3.05) is 27.3 Å². The normalized spacial score (nSPS) is 10.1. The molecule has 138 valence electrons. The first kappa shape index (κ1) is 21.0. The topological polar surface area (TPSA) is 112 Å². The summed E-state index contributed by atoms with van der Waals surface area (Å²) >= 11 is 6.17. The number of carbonyl (C=O) groups excluding carboxylic acids is 1. The van der Waals surface area contributed by atoms with Crippen LogP contribution in [0.1, 0.15) is 12.3 Å². The Morgan fingerprint density at radius 1 is 1.36 bits per heavy atom. The highest BCUT2D eigenvalue weighted by Crippen LogP contribution is 2.38. The second-order valence-electron chi connectivity index (χ2n) is 4.84. The first-order chi connectivity index (χ1) is 11.6. The van der Waals surface area contributed by atoms with Crippen molar-refractivity contribution in [3.8, 4) is 22.9 Å². The molecule has 1 aromatic heterocycles. The number of nitrogens with one attached hydrogen (secondary N) is 1. The average molecular weight is 391 g/mol. The summed E-state index contributed by atoms with van der Waals surface area (Å²) in [6.45, 7) is 0.842. The lowest BCUT2D eigenvalue weighted by Crippen LogP contribution is -2.29. The molecule has 0 saturated carbocycles. The van der Waals surface area contributed by atoms with Crippen LogP contribution in [0.3, 0.4) is 0 Å². The van der Waals surface area contributed by atoms with Crippen LogP contribution in [0, 0.1) is 0 Å². The second-order valence-corrected chi connectivity index (χ2v) is 5.25. The third-order valence-corrected chi connectivity index (χ3v) is 3.47. The lowest BCUT2D eigenvalue weighted by atomic mass is 10.2. The van der Waals surface area contributed by atoms with E-state index in [-0.39, 0.29) is 24.7 Å². The summed E-state index contributed by atoms with van der Waals surface area (Å²) < 4.78 is 15.6. The summed E-state index contributed by atoms with van der Waals surface area (Å²) in [7, 11) is 3.02. The number of benzene rings is 1. The second kappa shape index (κ2) is 10.1. The van der Waals surface area contributed by atoms with Gasteiger partial charge in [0, 0.05) is 31.5 Å². The highest BCUT2D eigenvalue weighted by molar-refractivity contribution is 6.32. The van der Waals surface area contributed by atoms with Crippen LogP contribution in [0.15, 0.2) is 16.7 Å². The highest BCUT2D eigenvalue weighted by atomic mass is 35.5. The van der Waals surface area contributed by atoms with Crippen LogP contribution < -0.4 is 20.5 Å². The van der Waals surface area contributed by atoms with E-state index >= 15 is 0 Å². The number of nitrogens with two attached hydrogens (primary N) is 1. The van der Waals surface area contributed by atoms with Gasteiger partial charge in [-0.05, 0) is 12.1 Å². The number of methoxy groups -OCH3 is 2. The maximum absolute atomic E-state index is 11.5. The first-order valence-electron chi connectivity index (χ1n) is 7.30. The molecule has 0 aliphatic heterocycles. The van der Waals surface area contributed by atoms with Crippen LogP contribution in [0.5, 0.6) is 11.5 Å². The van der Waals surface area contributed by atoms with Gasteiger partial charge < -0.3 is 25.0 Å². The third-order valence-electron chi connectivity index (χ3n) is 3.19. The van der Waals surface area contributed by atoms with Crippen molar-refractivity contribution in [1.82, 2.24) is 15.5 Å². The van der Waals surface area contributed by atoms with Crippen molar-refractivity contribution in [3.63, 3.8) is 0 Å². The Labute approximate surface area is 156 Å². The van der Waals surface area contributed by atoms with Gasteiger partial charge in [-0.3, -0.25) is 4.79 Å². The number of hydrogen-bond acceptors (Lipinski definition) is 7. The zero-order valence-corrected chi connectivity index (χ0v) is 15.4. The van der Waals surface area contributed by atoms with E-state index in [1.165, 1.54) is 14.2 Å². The molecule has 1 aromatic carbocycles. The predicted molar refractivity (Wildman–Crippen MR) is 95.5 cm³/mol. The van der Waals surface area contributed by atoms with Gasteiger partial charge in [-0.25, -0.2) is 0 Å². The maximum atomic E-state index is 11.5. The molecule has 10 heteroatoms. The Bertz CT molecular complexity index is 709. The number of nitrogens with zero attached hydrogens (tertiary/aromatic N) is 2. The Morgan fingerprint density at radius 3 is 2.76 bits per heavy atom. The van der Waals surface area contributed by atoms with E-state index in [2.05, 4.69) is 15.5 Å². The van der Waals surface area contributed by atoms with Gasteiger partial charge in [-0.1, -0.05) is 16.8 Å². The van der Waals surface area contributed by atoms with Crippen molar-refractivity contribution in [1.29, 1.82) is 0 Å². The molecule has 25 heavy (non-hydrogen) atoms. The van der Waals surface area contributed by atoms with Crippen LogP contribution >= 0.6 is 24.0 Å². The van der Waals surface area contributed by atoms with E-state index in [9.17, 15) is 4.79 Å². The molecular formula is C15H20Cl2N4O4. The van der Waals surface area contributed by atoms with Crippen molar-refractivity contribution in [2.45, 2.75) is 12.8 Å². The molecular weight excluding hydrogens is 371 g/mol. The highest BCUT2D eigenvalue weighted by Gasteiger charge is 2.16. The average Bonchev–Trinajstić information content (AvgIpc) is 3.06. The van der Waals surface area contributed by atoms with Gasteiger partial charge in [0.05, 0.1) is 19.2 Å². The molecule has 2 aromatic rings. The molecule has 1 amide bonds. The Hall–Kier alpha value is -2.03. The minimum Gasteiger partial charge on any atom is -0.493 e. The maximum Gasteiger partial charge on any atom is 0.227 e. The number of halogens is 2. The molecule has 0 spiro atoms. The molecule has 1 heterocycles. The van der Waals surface area contributed by atoms with Gasteiger partial charge in [-0.2, -0.15) is 4.98 Å². The monoisotopic (exact) mass is 390 g/mol. The smallest absolute Gasteiger partial charge is 0.227 e. The molecule has 0 aliphatic carbocycles. The van der Waals surface area contributed by atoms with Crippen LogP contribution in [0.4, 0.5) is 0 Å². The van der Waals surface area contributed by atoms with Gasteiger partial charge in [0.2, 0.25) is 17.6 Å². The van der Waals surface area contributed by atoms with E-state index in [1.807, 2.05) is 0 Å². The molecule has 0 unspecified atom stereocenters. The number of rotatable bonds is 8. The third kappa shape index (κ3) is 5.48.